The fourth-order valence-electron chi connectivity index (χ4n) is 2.86. The molecular weight excluding hydrogens is 296 g/mol. The van der Waals surface area contributed by atoms with Crippen LogP contribution < -0.4 is 0 Å². The molecule has 2 nitrogen and oxygen atoms in total. The molecule has 0 radical (unpaired) electrons. The van der Waals surface area contributed by atoms with Gasteiger partial charge in [0.1, 0.15) is 0 Å². The molecular formula is C13H21BrN2S. The maximum Gasteiger partial charge on any atom is 0.0795 e. The zero-order valence-electron chi connectivity index (χ0n) is 10.5. The third-order valence-electron chi connectivity index (χ3n) is 3.72. The molecule has 0 unspecified atom stereocenters. The first kappa shape index (κ1) is 13.5. The molecule has 1 heterocycles. The van der Waals surface area contributed by atoms with Crippen molar-refractivity contribution in [1.82, 2.24) is 9.88 Å². The minimum atomic E-state index is 0.503. The maximum atomic E-state index is 4.36. The van der Waals surface area contributed by atoms with Crippen LogP contribution in [0.4, 0.5) is 0 Å². The van der Waals surface area contributed by atoms with Gasteiger partial charge in [-0.3, -0.25) is 4.90 Å². The van der Waals surface area contributed by atoms with Gasteiger partial charge in [-0.2, -0.15) is 0 Å². The summed E-state index contributed by atoms with van der Waals surface area (Å²) in [6.07, 6.45) is 6.97. The van der Waals surface area contributed by atoms with E-state index in [2.05, 4.69) is 38.2 Å². The molecule has 0 N–H and O–H groups in total. The lowest BCUT2D eigenvalue weighted by Gasteiger charge is -2.38. The van der Waals surface area contributed by atoms with Crippen LogP contribution in [0.3, 0.4) is 0 Å². The zero-order chi connectivity index (χ0) is 12.1. The molecule has 0 atom stereocenters. The van der Waals surface area contributed by atoms with Gasteiger partial charge < -0.3 is 0 Å². The molecule has 0 aromatic carbocycles. The average molecular weight is 317 g/mol. The molecule has 0 aliphatic heterocycles. The predicted octanol–water partition coefficient (Wildman–Crippen LogP) is 3.92. The van der Waals surface area contributed by atoms with Gasteiger partial charge in [0.25, 0.3) is 0 Å². The van der Waals surface area contributed by atoms with Gasteiger partial charge in [0, 0.05) is 23.8 Å². The number of nitrogens with zero attached hydrogens (tertiary/aromatic N) is 2. The smallest absolute Gasteiger partial charge is 0.0795 e. The van der Waals surface area contributed by atoms with Crippen LogP contribution >= 0.6 is 27.3 Å². The second kappa shape index (κ2) is 6.30. The van der Waals surface area contributed by atoms with Crippen molar-refractivity contribution in [1.29, 1.82) is 0 Å². The fourth-order valence-corrected chi connectivity index (χ4v) is 4.14. The summed E-state index contributed by atoms with van der Waals surface area (Å²) in [5.41, 5.74) is 3.63. The molecule has 1 saturated carbocycles. The number of thiazole rings is 1. The summed E-state index contributed by atoms with van der Waals surface area (Å²) in [5, 5.41) is 3.29. The lowest BCUT2D eigenvalue weighted by molar-refractivity contribution is 0.141. The summed E-state index contributed by atoms with van der Waals surface area (Å²) in [7, 11) is 2.22. The highest BCUT2D eigenvalue weighted by Gasteiger charge is 2.32. The number of alkyl halides is 1. The molecule has 0 spiro atoms. The highest BCUT2D eigenvalue weighted by atomic mass is 79.9. The quantitative estimate of drug-likeness (QED) is 0.765. The first-order chi connectivity index (χ1) is 8.24. The van der Waals surface area contributed by atoms with Crippen molar-refractivity contribution in [3.8, 4) is 0 Å². The van der Waals surface area contributed by atoms with Crippen LogP contribution in [0.2, 0.25) is 0 Å². The second-order valence-electron chi connectivity index (χ2n) is 5.35. The fraction of sp³-hybridized carbons (Fsp3) is 0.769. The molecule has 17 heavy (non-hydrogen) atoms. The molecule has 2 rings (SSSR count). The molecule has 0 bridgehead atoms. The first-order valence-electron chi connectivity index (χ1n) is 6.36. The van der Waals surface area contributed by atoms with Crippen LogP contribution in [0.5, 0.6) is 0 Å². The number of halogens is 1. The van der Waals surface area contributed by atoms with Gasteiger partial charge in [-0.05, 0) is 25.3 Å². The van der Waals surface area contributed by atoms with Gasteiger partial charge in [0.15, 0.2) is 0 Å². The molecule has 96 valence electrons. The molecule has 1 aliphatic carbocycles. The van der Waals surface area contributed by atoms with E-state index in [0.717, 1.165) is 11.9 Å². The summed E-state index contributed by atoms with van der Waals surface area (Å²) in [6, 6.07) is 0. The highest BCUT2D eigenvalue weighted by molar-refractivity contribution is 9.09. The number of hydrogen-bond acceptors (Lipinski definition) is 3. The first-order valence-corrected chi connectivity index (χ1v) is 8.42. The van der Waals surface area contributed by atoms with Gasteiger partial charge in [-0.25, -0.2) is 4.98 Å². The van der Waals surface area contributed by atoms with Crippen molar-refractivity contribution in [3.63, 3.8) is 0 Å². The zero-order valence-corrected chi connectivity index (χ0v) is 12.9. The van der Waals surface area contributed by atoms with Crippen molar-refractivity contribution in [2.75, 3.05) is 18.9 Å². The average Bonchev–Trinajstić information content (AvgIpc) is 2.83. The molecule has 0 saturated heterocycles. The SMILES string of the molecule is CN(Cc1cscn1)CC1(CBr)CCCCC1. The van der Waals surface area contributed by atoms with Gasteiger partial charge >= 0.3 is 0 Å². The minimum absolute atomic E-state index is 0.503. The number of aromatic nitrogens is 1. The van der Waals surface area contributed by atoms with E-state index in [-0.39, 0.29) is 0 Å². The molecule has 0 amide bonds. The van der Waals surface area contributed by atoms with E-state index < -0.39 is 0 Å². The molecule has 1 aromatic rings. The van der Waals surface area contributed by atoms with E-state index in [1.165, 1.54) is 44.3 Å². The Hall–Kier alpha value is 0.0700. The Morgan fingerprint density at radius 1 is 1.41 bits per heavy atom. The minimum Gasteiger partial charge on any atom is -0.300 e. The summed E-state index contributed by atoms with van der Waals surface area (Å²) < 4.78 is 0. The van der Waals surface area contributed by atoms with Crippen LogP contribution in [0.25, 0.3) is 0 Å². The van der Waals surface area contributed by atoms with Crippen molar-refractivity contribution in [2.45, 2.75) is 38.6 Å². The lowest BCUT2D eigenvalue weighted by Crippen LogP contribution is -2.38. The van der Waals surface area contributed by atoms with E-state index in [4.69, 9.17) is 0 Å². The normalized spacial score (nSPS) is 19.7. The van der Waals surface area contributed by atoms with Crippen LogP contribution in [-0.4, -0.2) is 28.8 Å². The standard InChI is InChI=1S/C13H21BrN2S/c1-16(7-12-8-17-11-15-12)10-13(9-14)5-3-2-4-6-13/h8,11H,2-7,9-10H2,1H3. The predicted molar refractivity (Wildman–Crippen MR) is 77.8 cm³/mol. The summed E-state index contributed by atoms with van der Waals surface area (Å²) in [6.45, 7) is 2.17. The van der Waals surface area contributed by atoms with Gasteiger partial charge in [-0.1, -0.05) is 35.2 Å². The molecule has 4 heteroatoms. The van der Waals surface area contributed by atoms with E-state index in [0.29, 0.717) is 5.41 Å². The Morgan fingerprint density at radius 2 is 2.18 bits per heavy atom. The Kier molecular flexibility index (Phi) is 5.00. The van der Waals surface area contributed by atoms with Crippen LogP contribution in [-0.2, 0) is 6.54 Å². The Morgan fingerprint density at radius 3 is 2.76 bits per heavy atom. The van der Waals surface area contributed by atoms with E-state index in [1.807, 2.05) is 5.51 Å². The molecule has 1 aliphatic rings. The third kappa shape index (κ3) is 3.76. The molecule has 1 aromatic heterocycles. The Labute approximate surface area is 117 Å². The van der Waals surface area contributed by atoms with E-state index >= 15 is 0 Å². The Balaban J connectivity index is 1.89. The third-order valence-corrected chi connectivity index (χ3v) is 5.54. The number of rotatable bonds is 5. The highest BCUT2D eigenvalue weighted by Crippen LogP contribution is 2.38. The van der Waals surface area contributed by atoms with Crippen molar-refractivity contribution in [3.05, 3.63) is 16.6 Å². The van der Waals surface area contributed by atoms with Gasteiger partial charge in [-0.15, -0.1) is 11.3 Å². The van der Waals surface area contributed by atoms with Crippen LogP contribution in [0.1, 0.15) is 37.8 Å². The molecule has 1 fully saturated rings. The van der Waals surface area contributed by atoms with Crippen molar-refractivity contribution < 1.29 is 0 Å². The van der Waals surface area contributed by atoms with Gasteiger partial charge in [0.2, 0.25) is 0 Å². The maximum absolute atomic E-state index is 4.36. The van der Waals surface area contributed by atoms with Crippen molar-refractivity contribution in [2.24, 2.45) is 5.41 Å². The second-order valence-corrected chi connectivity index (χ2v) is 6.63. The van der Waals surface area contributed by atoms with Crippen LogP contribution in [0, 0.1) is 5.41 Å². The monoisotopic (exact) mass is 316 g/mol. The summed E-state index contributed by atoms with van der Waals surface area (Å²) >= 11 is 5.42. The summed E-state index contributed by atoms with van der Waals surface area (Å²) in [5.74, 6) is 0. The van der Waals surface area contributed by atoms with Crippen LogP contribution in [0.15, 0.2) is 10.9 Å². The van der Waals surface area contributed by atoms with Gasteiger partial charge in [0.05, 0.1) is 11.2 Å². The topological polar surface area (TPSA) is 16.1 Å². The summed E-state index contributed by atoms with van der Waals surface area (Å²) in [4.78, 5) is 6.80. The number of hydrogen-bond donors (Lipinski definition) is 0. The Bertz CT molecular complexity index is 320. The van der Waals surface area contributed by atoms with Crippen molar-refractivity contribution >= 4 is 27.3 Å². The lowest BCUT2D eigenvalue weighted by atomic mass is 9.75. The largest absolute Gasteiger partial charge is 0.300 e. The van der Waals surface area contributed by atoms with E-state index in [1.54, 1.807) is 11.3 Å². The van der Waals surface area contributed by atoms with E-state index in [9.17, 15) is 0 Å².